The van der Waals surface area contributed by atoms with Gasteiger partial charge in [-0.15, -0.1) is 0 Å². The number of esters is 1. The van der Waals surface area contributed by atoms with Gasteiger partial charge in [0.25, 0.3) is 0 Å². The minimum absolute atomic E-state index is 0.0411. The maximum atomic E-state index is 13.1. The van der Waals surface area contributed by atoms with Gasteiger partial charge in [0.1, 0.15) is 0 Å². The number of nitrogens with one attached hydrogen (secondary N) is 1. The van der Waals surface area contributed by atoms with Crippen LogP contribution in [0.4, 0.5) is 0 Å². The molecule has 0 saturated heterocycles. The summed E-state index contributed by atoms with van der Waals surface area (Å²) in [5.41, 5.74) is -0.367. The van der Waals surface area contributed by atoms with Crippen molar-refractivity contribution >= 4 is 59.2 Å². The molecule has 0 aliphatic carbocycles. The molecule has 4 nitrogen and oxygen atoms in total. The maximum absolute atomic E-state index is 13.1. The monoisotopic (exact) mass is 537 g/mol. The Kier molecular flexibility index (Phi) is 12.9. The standard InChI is InChI=1S/C17H30NO3S2.C4H9.Sn/c1-11(2)18-14(19)13(17(6,7)23-10-22)9-16(4,5)12(3)15(20)21-8;1-3-4-2;/h11-13H,9H2,1-8H3,(H,18,19);1,3-4H2,2H3;. The van der Waals surface area contributed by atoms with Crippen LogP contribution in [-0.2, 0) is 14.3 Å². The predicted molar refractivity (Wildman–Crippen MR) is 126 cm³/mol. The fraction of sp³-hybridized carbons (Fsp3) is 0.857. The molecule has 0 saturated carbocycles. The molecule has 0 rings (SSSR count). The van der Waals surface area contributed by atoms with Crippen LogP contribution in [0.15, 0.2) is 0 Å². The van der Waals surface area contributed by atoms with Gasteiger partial charge in [-0.1, -0.05) is 0 Å². The molecule has 0 aliphatic heterocycles. The second-order valence-corrected chi connectivity index (χ2v) is 17.2. The van der Waals surface area contributed by atoms with Gasteiger partial charge in [-0.3, -0.25) is 0 Å². The molecule has 0 aromatic carbocycles. The van der Waals surface area contributed by atoms with Crippen LogP contribution in [0.5, 0.6) is 0 Å². The van der Waals surface area contributed by atoms with E-state index in [0.717, 1.165) is 2.21 Å². The molecule has 2 radical (unpaired) electrons. The summed E-state index contributed by atoms with van der Waals surface area (Å²) in [6.45, 7) is 16.4. The summed E-state index contributed by atoms with van der Waals surface area (Å²) in [4.78, 5) is 25.2. The van der Waals surface area contributed by atoms with Crippen LogP contribution in [0, 0.1) is 17.3 Å². The van der Waals surface area contributed by atoms with Gasteiger partial charge in [0.05, 0.1) is 0 Å². The first-order valence-electron chi connectivity index (χ1n) is 10.1. The van der Waals surface area contributed by atoms with E-state index in [1.807, 2.05) is 34.6 Å². The zero-order chi connectivity index (χ0) is 22.1. The number of hydrogen-bond acceptors (Lipinski definition) is 5. The average molecular weight is 536 g/mol. The number of ether oxygens (including phenoxy) is 1. The van der Waals surface area contributed by atoms with Crippen molar-refractivity contribution in [3.05, 3.63) is 0 Å². The van der Waals surface area contributed by atoms with Crippen molar-refractivity contribution in [3.63, 3.8) is 0 Å². The van der Waals surface area contributed by atoms with Crippen LogP contribution in [-0.4, -0.2) is 53.1 Å². The number of methoxy groups -OCH3 is 1. The number of thioether (sulfide) groups is 1. The van der Waals surface area contributed by atoms with Crippen molar-refractivity contribution in [3.8, 4) is 0 Å². The number of unbranched alkanes of at least 4 members (excludes halogenated alkanes) is 1. The van der Waals surface area contributed by atoms with E-state index in [-0.39, 0.29) is 39.9 Å². The molecule has 0 fully saturated rings. The molecule has 0 aromatic rings. The summed E-state index contributed by atoms with van der Waals surface area (Å²) in [5.74, 6) is -0.729. The summed E-state index contributed by atoms with van der Waals surface area (Å²) in [5, 5.41) is 3.08. The Morgan fingerprint density at radius 2 is 1.75 bits per heavy atom. The first-order chi connectivity index (χ1) is 12.8. The molecular weight excluding hydrogens is 497 g/mol. The van der Waals surface area contributed by atoms with Crippen molar-refractivity contribution in [2.24, 2.45) is 17.3 Å². The number of amides is 1. The summed E-state index contributed by atoms with van der Waals surface area (Å²) in [6.07, 6.45) is 3.05. The van der Waals surface area contributed by atoms with Gasteiger partial charge < -0.3 is 0 Å². The molecule has 2 unspecified atom stereocenters. The van der Waals surface area contributed by atoms with Crippen LogP contribution in [0.1, 0.15) is 74.7 Å². The molecule has 2 atom stereocenters. The second kappa shape index (κ2) is 12.8. The quantitative estimate of drug-likeness (QED) is 0.163. The van der Waals surface area contributed by atoms with Gasteiger partial charge >= 0.3 is 193 Å². The first-order valence-corrected chi connectivity index (χ1v) is 14.8. The SMILES string of the molecule is CCC[CH2][Sn][C](=S)SC(C)(C)C(CC(C)(C)C(C)C(=O)OC)C(=O)NC(C)C. The number of hydrogen-bond donors (Lipinski definition) is 1. The van der Waals surface area contributed by atoms with Crippen molar-refractivity contribution in [2.75, 3.05) is 7.11 Å². The van der Waals surface area contributed by atoms with E-state index in [4.69, 9.17) is 17.0 Å². The molecule has 0 heterocycles. The first kappa shape index (κ1) is 28.2. The van der Waals surface area contributed by atoms with E-state index < -0.39 is 21.1 Å². The van der Waals surface area contributed by atoms with Crippen LogP contribution < -0.4 is 5.32 Å². The number of carbonyl (C=O) groups excluding carboxylic acids is 2. The Hall–Kier alpha value is 0.179. The Morgan fingerprint density at radius 3 is 2.21 bits per heavy atom. The van der Waals surface area contributed by atoms with Gasteiger partial charge in [0, 0.05) is 0 Å². The third-order valence-electron chi connectivity index (χ3n) is 5.20. The van der Waals surface area contributed by atoms with E-state index in [2.05, 4.69) is 26.1 Å². The van der Waals surface area contributed by atoms with Crippen LogP contribution in [0.3, 0.4) is 0 Å². The molecule has 1 N–H and O–H groups in total. The molecule has 0 spiro atoms. The van der Waals surface area contributed by atoms with E-state index in [1.165, 1.54) is 24.4 Å². The Labute approximate surface area is 192 Å². The van der Waals surface area contributed by atoms with Gasteiger partial charge in [0.2, 0.25) is 0 Å². The molecule has 7 heteroatoms. The van der Waals surface area contributed by atoms with Crippen LogP contribution in [0.2, 0.25) is 4.44 Å². The number of rotatable bonds is 12. The van der Waals surface area contributed by atoms with E-state index >= 15 is 0 Å². The van der Waals surface area contributed by atoms with E-state index in [0.29, 0.717) is 6.42 Å². The molecule has 0 aliphatic rings. The predicted octanol–water partition coefficient (Wildman–Crippen LogP) is 5.07. The van der Waals surface area contributed by atoms with Crippen molar-refractivity contribution in [2.45, 2.75) is 89.9 Å². The average Bonchev–Trinajstić information content (AvgIpc) is 2.57. The van der Waals surface area contributed by atoms with Crippen LogP contribution in [0.25, 0.3) is 0 Å². The van der Waals surface area contributed by atoms with E-state index in [9.17, 15) is 9.59 Å². The summed E-state index contributed by atoms with van der Waals surface area (Å²) in [6, 6.07) is 0.0740. The minimum atomic E-state index is -0.715. The summed E-state index contributed by atoms with van der Waals surface area (Å²) in [7, 11) is 1.41. The third-order valence-corrected chi connectivity index (χ3v) is 11.8. The van der Waals surface area contributed by atoms with Gasteiger partial charge in [-0.2, -0.15) is 0 Å². The third kappa shape index (κ3) is 9.79. The molecular formula is C21H39NO3S2Sn. The van der Waals surface area contributed by atoms with Gasteiger partial charge in [0.15, 0.2) is 0 Å². The number of carbonyl (C=O) groups is 2. The normalized spacial score (nSPS) is 14.5. The summed E-state index contributed by atoms with van der Waals surface area (Å²) >= 11 is 6.69. The molecule has 28 heavy (non-hydrogen) atoms. The molecule has 1 amide bonds. The second-order valence-electron chi connectivity index (χ2n) is 8.93. The van der Waals surface area contributed by atoms with E-state index in [1.54, 1.807) is 11.8 Å². The Balaban J connectivity index is 5.52. The topological polar surface area (TPSA) is 55.4 Å². The summed E-state index contributed by atoms with van der Waals surface area (Å²) < 4.78 is 7.02. The number of thiocarbonyl (C=S) groups is 1. The Bertz CT molecular complexity index is 536. The molecule has 0 bridgehead atoms. The zero-order valence-corrected chi connectivity index (χ0v) is 23.6. The Morgan fingerprint density at radius 1 is 1.18 bits per heavy atom. The van der Waals surface area contributed by atoms with Gasteiger partial charge in [-0.05, 0) is 0 Å². The van der Waals surface area contributed by atoms with Crippen molar-refractivity contribution in [1.82, 2.24) is 5.32 Å². The van der Waals surface area contributed by atoms with Crippen LogP contribution >= 0.6 is 24.0 Å². The fourth-order valence-corrected chi connectivity index (χ4v) is 10.8. The zero-order valence-electron chi connectivity index (χ0n) is 19.1. The van der Waals surface area contributed by atoms with Gasteiger partial charge in [-0.25, -0.2) is 0 Å². The van der Waals surface area contributed by atoms with Crippen molar-refractivity contribution < 1.29 is 14.3 Å². The molecule has 162 valence electrons. The van der Waals surface area contributed by atoms with Crippen molar-refractivity contribution in [1.29, 1.82) is 0 Å². The molecule has 0 aromatic heterocycles. The fourth-order valence-electron chi connectivity index (χ4n) is 2.95.